The standard InChI is InChI=1S/C23H21FN6O2/c24-16-5-1-4-15(10-25)21(16)17-9-19(22-18(27-17)11-26-23(22)32)30-8-6-20(28-30)29-7-2-3-14(12-29)13-31/h1,4-6,8-9,14,31H,2-3,7,11-13H2,(H,26,32)/t14-/m1/s1. The van der Waals surface area contributed by atoms with Crippen LogP contribution in [-0.2, 0) is 6.54 Å². The van der Waals surface area contributed by atoms with Crippen LogP contribution in [0.1, 0.15) is 34.5 Å². The summed E-state index contributed by atoms with van der Waals surface area (Å²) in [5.74, 6) is 0.141. The molecule has 2 aliphatic heterocycles. The zero-order chi connectivity index (χ0) is 22.2. The first kappa shape index (κ1) is 20.2. The third-order valence-electron chi connectivity index (χ3n) is 6.03. The van der Waals surface area contributed by atoms with Gasteiger partial charge in [0.15, 0.2) is 5.82 Å². The minimum absolute atomic E-state index is 0.104. The lowest BCUT2D eigenvalue weighted by molar-refractivity contribution is 0.0965. The number of nitrogens with zero attached hydrogens (tertiary/aromatic N) is 5. The number of benzene rings is 1. The first-order valence-electron chi connectivity index (χ1n) is 10.5. The predicted octanol–water partition coefficient (Wildman–Crippen LogP) is 2.40. The summed E-state index contributed by atoms with van der Waals surface area (Å²) >= 11 is 0. The highest BCUT2D eigenvalue weighted by Gasteiger charge is 2.28. The minimum Gasteiger partial charge on any atom is -0.396 e. The van der Waals surface area contributed by atoms with Crippen molar-refractivity contribution >= 4 is 11.7 Å². The number of carbonyl (C=O) groups is 1. The van der Waals surface area contributed by atoms with E-state index in [1.165, 1.54) is 18.2 Å². The summed E-state index contributed by atoms with van der Waals surface area (Å²) < 4.78 is 16.3. The normalized spacial score (nSPS) is 17.7. The van der Waals surface area contributed by atoms with Gasteiger partial charge in [-0.3, -0.25) is 4.79 Å². The molecule has 4 heterocycles. The van der Waals surface area contributed by atoms with Crippen molar-refractivity contribution in [3.05, 3.63) is 59.2 Å². The molecule has 0 saturated carbocycles. The zero-order valence-electron chi connectivity index (χ0n) is 17.3. The van der Waals surface area contributed by atoms with Crippen molar-refractivity contribution in [3.63, 3.8) is 0 Å². The van der Waals surface area contributed by atoms with Gasteiger partial charge in [-0.1, -0.05) is 6.07 Å². The average molecular weight is 432 g/mol. The number of aromatic nitrogens is 3. The van der Waals surface area contributed by atoms with Crippen LogP contribution in [0.2, 0.25) is 0 Å². The Bertz CT molecular complexity index is 1250. The molecule has 0 spiro atoms. The summed E-state index contributed by atoms with van der Waals surface area (Å²) in [7, 11) is 0. The van der Waals surface area contributed by atoms with E-state index in [0.29, 0.717) is 23.5 Å². The van der Waals surface area contributed by atoms with Gasteiger partial charge in [-0.25, -0.2) is 14.1 Å². The van der Waals surface area contributed by atoms with Crippen molar-refractivity contribution in [2.24, 2.45) is 5.92 Å². The number of piperidine rings is 1. The zero-order valence-corrected chi connectivity index (χ0v) is 17.3. The molecule has 0 unspecified atom stereocenters. The molecule has 0 aliphatic carbocycles. The number of nitriles is 1. The fourth-order valence-corrected chi connectivity index (χ4v) is 4.44. The van der Waals surface area contributed by atoms with Crippen molar-refractivity contribution in [1.29, 1.82) is 5.26 Å². The van der Waals surface area contributed by atoms with Gasteiger partial charge in [0, 0.05) is 32.0 Å². The topological polar surface area (TPSA) is 107 Å². The van der Waals surface area contributed by atoms with Gasteiger partial charge in [-0.05, 0) is 37.0 Å². The summed E-state index contributed by atoms with van der Waals surface area (Å²) in [5.41, 5.74) is 1.92. The number of carbonyl (C=O) groups excluding carboxylic acids is 1. The molecule has 1 saturated heterocycles. The molecular weight excluding hydrogens is 411 g/mol. The second-order valence-electron chi connectivity index (χ2n) is 8.06. The van der Waals surface area contributed by atoms with Crippen molar-refractivity contribution in [3.8, 4) is 23.0 Å². The van der Waals surface area contributed by atoms with Gasteiger partial charge in [0.25, 0.3) is 5.91 Å². The number of anilines is 1. The molecule has 32 heavy (non-hydrogen) atoms. The van der Waals surface area contributed by atoms with Crippen molar-refractivity contribution in [2.45, 2.75) is 19.4 Å². The fraction of sp³-hybridized carbons (Fsp3) is 0.304. The Morgan fingerprint density at radius 3 is 3.00 bits per heavy atom. The van der Waals surface area contributed by atoms with Crippen LogP contribution in [0.4, 0.5) is 10.2 Å². The summed E-state index contributed by atoms with van der Waals surface area (Å²) in [6.07, 6.45) is 3.72. The van der Waals surface area contributed by atoms with Gasteiger partial charge < -0.3 is 15.3 Å². The highest BCUT2D eigenvalue weighted by atomic mass is 19.1. The maximum absolute atomic E-state index is 14.7. The summed E-state index contributed by atoms with van der Waals surface area (Å²) in [5, 5.41) is 26.4. The van der Waals surface area contributed by atoms with E-state index in [0.717, 1.165) is 25.2 Å². The molecule has 2 N–H and O–H groups in total. The van der Waals surface area contributed by atoms with Gasteiger partial charge >= 0.3 is 0 Å². The molecular formula is C23H21FN6O2. The Balaban J connectivity index is 1.61. The SMILES string of the molecule is N#Cc1cccc(F)c1-c1cc(-n2ccc(N3CCC[C@@H](CO)C3)n2)c2c(n1)CNC2=O. The third kappa shape index (κ3) is 3.39. The number of aliphatic hydroxyl groups excluding tert-OH is 1. The molecule has 1 atom stereocenters. The number of hydrogen-bond acceptors (Lipinski definition) is 6. The lowest BCUT2D eigenvalue weighted by Gasteiger charge is -2.31. The Morgan fingerprint density at radius 2 is 2.19 bits per heavy atom. The van der Waals surface area contributed by atoms with Crippen LogP contribution in [-0.4, -0.2) is 45.5 Å². The van der Waals surface area contributed by atoms with Gasteiger partial charge in [-0.15, -0.1) is 0 Å². The molecule has 2 aliphatic rings. The molecule has 2 aromatic heterocycles. The predicted molar refractivity (Wildman–Crippen MR) is 115 cm³/mol. The molecule has 0 bridgehead atoms. The van der Waals surface area contributed by atoms with Gasteiger partial charge in [0.05, 0.1) is 46.4 Å². The lowest BCUT2D eigenvalue weighted by Crippen LogP contribution is -2.37. The van der Waals surface area contributed by atoms with Gasteiger partial charge in [-0.2, -0.15) is 10.4 Å². The molecule has 9 heteroatoms. The first-order chi connectivity index (χ1) is 15.6. The second kappa shape index (κ2) is 8.05. The van der Waals surface area contributed by atoms with E-state index in [9.17, 15) is 19.6 Å². The Hall–Kier alpha value is -3.77. The Kier molecular flexibility index (Phi) is 5.07. The number of pyridine rings is 1. The maximum Gasteiger partial charge on any atom is 0.255 e. The minimum atomic E-state index is -0.552. The van der Waals surface area contributed by atoms with Crippen LogP contribution >= 0.6 is 0 Å². The highest BCUT2D eigenvalue weighted by Crippen LogP contribution is 2.32. The van der Waals surface area contributed by atoms with E-state index in [1.54, 1.807) is 16.9 Å². The average Bonchev–Trinajstić information content (AvgIpc) is 3.46. The number of aliphatic hydroxyl groups is 1. The van der Waals surface area contributed by atoms with Crippen molar-refractivity contribution < 1.29 is 14.3 Å². The Morgan fingerprint density at radius 1 is 1.31 bits per heavy atom. The molecule has 3 aromatic rings. The number of halogens is 1. The lowest BCUT2D eigenvalue weighted by atomic mass is 9.99. The van der Waals surface area contributed by atoms with Crippen LogP contribution in [0.5, 0.6) is 0 Å². The van der Waals surface area contributed by atoms with Crippen LogP contribution in [0.25, 0.3) is 16.9 Å². The second-order valence-corrected chi connectivity index (χ2v) is 8.06. The van der Waals surface area contributed by atoms with E-state index < -0.39 is 5.82 Å². The molecule has 5 rings (SSSR count). The van der Waals surface area contributed by atoms with Gasteiger partial charge in [0.1, 0.15) is 5.82 Å². The maximum atomic E-state index is 14.7. The number of fused-ring (bicyclic) bond motifs is 1. The molecule has 0 radical (unpaired) electrons. The summed E-state index contributed by atoms with van der Waals surface area (Å²) in [6.45, 7) is 1.93. The van der Waals surface area contributed by atoms with Crippen LogP contribution < -0.4 is 10.2 Å². The van der Waals surface area contributed by atoms with E-state index in [-0.39, 0.29) is 41.8 Å². The van der Waals surface area contributed by atoms with Crippen molar-refractivity contribution in [2.75, 3.05) is 24.6 Å². The van der Waals surface area contributed by atoms with E-state index >= 15 is 0 Å². The molecule has 1 amide bonds. The largest absolute Gasteiger partial charge is 0.396 e. The molecule has 1 aromatic carbocycles. The fourth-order valence-electron chi connectivity index (χ4n) is 4.44. The summed E-state index contributed by atoms with van der Waals surface area (Å²) in [6, 6.07) is 9.79. The van der Waals surface area contributed by atoms with Crippen molar-refractivity contribution in [1.82, 2.24) is 20.1 Å². The van der Waals surface area contributed by atoms with Crippen LogP contribution in [0, 0.1) is 23.1 Å². The quantitative estimate of drug-likeness (QED) is 0.656. The molecule has 8 nitrogen and oxygen atoms in total. The molecule has 162 valence electrons. The monoisotopic (exact) mass is 432 g/mol. The van der Waals surface area contributed by atoms with Gasteiger partial charge in [0.2, 0.25) is 0 Å². The highest BCUT2D eigenvalue weighted by molar-refractivity contribution is 6.01. The van der Waals surface area contributed by atoms with E-state index in [2.05, 4.69) is 20.3 Å². The number of rotatable bonds is 4. The first-order valence-corrected chi connectivity index (χ1v) is 10.5. The number of hydrogen-bond donors (Lipinski definition) is 2. The smallest absolute Gasteiger partial charge is 0.255 e. The summed E-state index contributed by atoms with van der Waals surface area (Å²) in [4.78, 5) is 19.1. The van der Waals surface area contributed by atoms with Crippen LogP contribution in [0.3, 0.4) is 0 Å². The van der Waals surface area contributed by atoms with E-state index in [4.69, 9.17) is 0 Å². The molecule has 1 fully saturated rings. The number of amides is 1. The Labute approximate surface area is 183 Å². The van der Waals surface area contributed by atoms with E-state index in [1.807, 2.05) is 12.1 Å². The third-order valence-corrected chi connectivity index (χ3v) is 6.03. The number of nitrogens with one attached hydrogen (secondary N) is 1. The van der Waals surface area contributed by atoms with Crippen LogP contribution in [0.15, 0.2) is 36.5 Å².